The highest BCUT2D eigenvalue weighted by molar-refractivity contribution is 5.83. The van der Waals surface area contributed by atoms with Gasteiger partial charge in [0, 0.05) is 16.5 Å². The largest absolute Gasteiger partial charge is 0.391 e. The lowest BCUT2D eigenvalue weighted by molar-refractivity contribution is 0.279. The Morgan fingerprint density at radius 1 is 1.20 bits per heavy atom. The fourth-order valence-corrected chi connectivity index (χ4v) is 2.78. The Kier molecular flexibility index (Phi) is 2.28. The van der Waals surface area contributed by atoms with Crippen LogP contribution < -0.4 is 5.56 Å². The number of para-hydroxylation sites is 1. The maximum atomic E-state index is 12.2. The third kappa shape index (κ3) is 1.45. The molecule has 4 heteroatoms. The van der Waals surface area contributed by atoms with Gasteiger partial charge >= 0.3 is 0 Å². The van der Waals surface area contributed by atoms with E-state index in [0.717, 1.165) is 27.9 Å². The van der Waals surface area contributed by atoms with Crippen molar-refractivity contribution in [2.24, 2.45) is 0 Å². The van der Waals surface area contributed by atoms with E-state index in [9.17, 15) is 9.90 Å². The van der Waals surface area contributed by atoms with Crippen LogP contribution in [0.4, 0.5) is 0 Å². The fraction of sp³-hybridized carbons (Fsp3) is 0.125. The van der Waals surface area contributed by atoms with Crippen molar-refractivity contribution in [3.8, 4) is 11.4 Å². The number of benzene rings is 1. The Morgan fingerprint density at radius 3 is 2.90 bits per heavy atom. The van der Waals surface area contributed by atoms with E-state index in [0.29, 0.717) is 12.1 Å². The molecule has 0 spiro atoms. The van der Waals surface area contributed by atoms with Gasteiger partial charge in [0.2, 0.25) is 0 Å². The Labute approximate surface area is 114 Å². The van der Waals surface area contributed by atoms with Crippen molar-refractivity contribution >= 4 is 10.9 Å². The van der Waals surface area contributed by atoms with E-state index >= 15 is 0 Å². The zero-order chi connectivity index (χ0) is 13.7. The fourth-order valence-electron chi connectivity index (χ4n) is 2.78. The highest BCUT2D eigenvalue weighted by atomic mass is 16.3. The predicted octanol–water partition coefficient (Wildman–Crippen LogP) is 1.92. The van der Waals surface area contributed by atoms with E-state index < -0.39 is 0 Å². The van der Waals surface area contributed by atoms with Gasteiger partial charge in [0.15, 0.2) is 0 Å². The molecule has 0 aliphatic carbocycles. The molecule has 20 heavy (non-hydrogen) atoms. The average molecular weight is 264 g/mol. The standard InChI is InChI=1S/C16H12N2O2/c19-9-11-5-6-14-15-12(8-18(14)16(11)20)7-10-3-1-2-4-13(10)17-15/h1-7,19H,8-9H2. The minimum Gasteiger partial charge on any atom is -0.391 e. The van der Waals surface area contributed by atoms with Crippen LogP contribution >= 0.6 is 0 Å². The Balaban J connectivity index is 2.02. The van der Waals surface area contributed by atoms with Gasteiger partial charge in [0.05, 0.1) is 30.1 Å². The van der Waals surface area contributed by atoms with E-state index in [1.165, 1.54) is 0 Å². The number of pyridine rings is 2. The Morgan fingerprint density at radius 2 is 2.05 bits per heavy atom. The van der Waals surface area contributed by atoms with Gasteiger partial charge in [-0.25, -0.2) is 4.98 Å². The van der Waals surface area contributed by atoms with Crippen molar-refractivity contribution in [1.82, 2.24) is 9.55 Å². The summed E-state index contributed by atoms with van der Waals surface area (Å²) in [7, 11) is 0. The first-order chi connectivity index (χ1) is 9.78. The summed E-state index contributed by atoms with van der Waals surface area (Å²) in [5.74, 6) is 0. The van der Waals surface area contributed by atoms with Crippen LogP contribution in [0, 0.1) is 0 Å². The van der Waals surface area contributed by atoms with Crippen molar-refractivity contribution < 1.29 is 5.11 Å². The molecular formula is C16H12N2O2. The van der Waals surface area contributed by atoms with Crippen LogP contribution in [0.1, 0.15) is 11.1 Å². The van der Waals surface area contributed by atoms with Gasteiger partial charge in [-0.15, -0.1) is 0 Å². The molecular weight excluding hydrogens is 252 g/mol. The lowest BCUT2D eigenvalue weighted by Gasteiger charge is -2.04. The summed E-state index contributed by atoms with van der Waals surface area (Å²) in [4.78, 5) is 16.9. The molecule has 98 valence electrons. The second kappa shape index (κ2) is 4.02. The maximum absolute atomic E-state index is 12.2. The summed E-state index contributed by atoms with van der Waals surface area (Å²) >= 11 is 0. The summed E-state index contributed by atoms with van der Waals surface area (Å²) < 4.78 is 1.68. The van der Waals surface area contributed by atoms with Crippen molar-refractivity contribution in [3.63, 3.8) is 0 Å². The number of nitrogens with zero attached hydrogens (tertiary/aromatic N) is 2. The molecule has 0 bridgehead atoms. The highest BCUT2D eigenvalue weighted by Crippen LogP contribution is 2.31. The first-order valence-corrected chi connectivity index (χ1v) is 6.50. The number of aliphatic hydroxyl groups is 1. The molecule has 0 saturated heterocycles. The Bertz CT molecular complexity index is 897. The van der Waals surface area contributed by atoms with Gasteiger partial charge in [0.25, 0.3) is 5.56 Å². The van der Waals surface area contributed by atoms with Gasteiger partial charge < -0.3 is 9.67 Å². The molecule has 1 aliphatic heterocycles. The van der Waals surface area contributed by atoms with E-state index in [2.05, 4.69) is 11.1 Å². The minimum absolute atomic E-state index is 0.132. The number of aromatic nitrogens is 2. The number of rotatable bonds is 1. The molecule has 0 radical (unpaired) electrons. The number of hydrogen-bond donors (Lipinski definition) is 1. The van der Waals surface area contributed by atoms with E-state index in [1.807, 2.05) is 30.3 Å². The first-order valence-electron chi connectivity index (χ1n) is 6.50. The average Bonchev–Trinajstić information content (AvgIpc) is 2.84. The quantitative estimate of drug-likeness (QED) is 0.571. The molecule has 1 N–H and O–H groups in total. The predicted molar refractivity (Wildman–Crippen MR) is 76.5 cm³/mol. The summed E-state index contributed by atoms with van der Waals surface area (Å²) in [6.07, 6.45) is 0. The van der Waals surface area contributed by atoms with E-state index in [-0.39, 0.29) is 12.2 Å². The van der Waals surface area contributed by atoms with Crippen LogP contribution in [0.5, 0.6) is 0 Å². The summed E-state index contributed by atoms with van der Waals surface area (Å²) in [6.45, 7) is 0.292. The molecule has 0 amide bonds. The van der Waals surface area contributed by atoms with Crippen LogP contribution in [0.3, 0.4) is 0 Å². The SMILES string of the molecule is O=c1c(CO)ccc2n1Cc1cc3ccccc3nc1-2. The van der Waals surface area contributed by atoms with Crippen molar-refractivity contribution in [1.29, 1.82) is 0 Å². The minimum atomic E-state index is -0.231. The molecule has 1 aromatic carbocycles. The van der Waals surface area contributed by atoms with Crippen molar-refractivity contribution in [2.45, 2.75) is 13.2 Å². The maximum Gasteiger partial charge on any atom is 0.256 e. The molecule has 4 rings (SSSR count). The molecule has 1 aliphatic rings. The van der Waals surface area contributed by atoms with E-state index in [1.54, 1.807) is 10.6 Å². The third-order valence-electron chi connectivity index (χ3n) is 3.80. The lowest BCUT2D eigenvalue weighted by atomic mass is 10.1. The zero-order valence-corrected chi connectivity index (χ0v) is 10.7. The zero-order valence-electron chi connectivity index (χ0n) is 10.7. The highest BCUT2D eigenvalue weighted by Gasteiger charge is 2.22. The first kappa shape index (κ1) is 11.4. The number of fused-ring (bicyclic) bond motifs is 4. The number of hydrogen-bond acceptors (Lipinski definition) is 3. The van der Waals surface area contributed by atoms with Crippen LogP contribution in [0.25, 0.3) is 22.3 Å². The van der Waals surface area contributed by atoms with Crippen LogP contribution in [0.2, 0.25) is 0 Å². The smallest absolute Gasteiger partial charge is 0.256 e. The van der Waals surface area contributed by atoms with Gasteiger partial charge in [-0.05, 0) is 24.3 Å². The normalized spacial score (nSPS) is 12.4. The van der Waals surface area contributed by atoms with Gasteiger partial charge in [-0.1, -0.05) is 18.2 Å². The van der Waals surface area contributed by atoms with Crippen molar-refractivity contribution in [3.05, 3.63) is 63.9 Å². The molecule has 4 nitrogen and oxygen atoms in total. The summed E-state index contributed by atoms with van der Waals surface area (Å²) in [5.41, 5.74) is 3.96. The molecule has 0 saturated carbocycles. The topological polar surface area (TPSA) is 55.1 Å². The van der Waals surface area contributed by atoms with Gasteiger partial charge in [-0.3, -0.25) is 4.79 Å². The van der Waals surface area contributed by atoms with Crippen LogP contribution in [-0.2, 0) is 13.2 Å². The summed E-state index contributed by atoms with van der Waals surface area (Å²) in [6, 6.07) is 13.6. The second-order valence-electron chi connectivity index (χ2n) is 4.98. The molecule has 3 heterocycles. The third-order valence-corrected chi connectivity index (χ3v) is 3.80. The Hall–Kier alpha value is -2.46. The summed E-state index contributed by atoms with van der Waals surface area (Å²) in [5, 5.41) is 10.3. The molecule has 0 atom stereocenters. The second-order valence-corrected chi connectivity index (χ2v) is 4.98. The molecule has 2 aromatic heterocycles. The van der Waals surface area contributed by atoms with Crippen LogP contribution in [-0.4, -0.2) is 14.7 Å². The van der Waals surface area contributed by atoms with Gasteiger partial charge in [-0.2, -0.15) is 0 Å². The van der Waals surface area contributed by atoms with Crippen LogP contribution in [0.15, 0.2) is 47.3 Å². The van der Waals surface area contributed by atoms with Gasteiger partial charge in [0.1, 0.15) is 0 Å². The number of aliphatic hydroxyl groups excluding tert-OH is 1. The van der Waals surface area contributed by atoms with Crippen molar-refractivity contribution in [2.75, 3.05) is 0 Å². The molecule has 3 aromatic rings. The lowest BCUT2D eigenvalue weighted by Crippen LogP contribution is -2.22. The molecule has 0 fully saturated rings. The monoisotopic (exact) mass is 264 g/mol. The van der Waals surface area contributed by atoms with E-state index in [4.69, 9.17) is 0 Å². The molecule has 0 unspecified atom stereocenters.